The summed E-state index contributed by atoms with van der Waals surface area (Å²) < 4.78 is 13.3. The highest BCUT2D eigenvalue weighted by atomic mass is 32.2. The first-order valence-corrected chi connectivity index (χ1v) is 5.56. The summed E-state index contributed by atoms with van der Waals surface area (Å²) in [6, 6.07) is 0. The Labute approximate surface area is 82.9 Å². The number of halogens is 1. The summed E-state index contributed by atoms with van der Waals surface area (Å²) in [6.07, 6.45) is 0. The molecule has 0 aromatic heterocycles. The summed E-state index contributed by atoms with van der Waals surface area (Å²) >= 11 is 1.83. The molecule has 1 unspecified atom stereocenters. The van der Waals surface area contributed by atoms with Gasteiger partial charge in [0, 0.05) is 24.1 Å². The molecule has 76 valence electrons. The molecule has 0 aliphatic carbocycles. The van der Waals surface area contributed by atoms with Crippen LogP contribution in [0, 0.1) is 0 Å². The summed E-state index contributed by atoms with van der Waals surface area (Å²) in [5, 5.41) is 0.431. The lowest BCUT2D eigenvalue weighted by atomic mass is 10.1. The number of carbonyl (C=O) groups is 1. The minimum Gasteiger partial charge on any atom is -0.338 e. The molecule has 0 saturated carbocycles. The monoisotopic (exact) mass is 205 g/mol. The molecular weight excluding hydrogens is 189 g/mol. The Bertz CT molecular complexity index is 202. The first-order chi connectivity index (χ1) is 5.91. The van der Waals surface area contributed by atoms with Crippen LogP contribution in [0.3, 0.4) is 0 Å². The third kappa shape index (κ3) is 2.86. The van der Waals surface area contributed by atoms with E-state index in [9.17, 15) is 9.18 Å². The van der Waals surface area contributed by atoms with Gasteiger partial charge < -0.3 is 4.90 Å². The minimum absolute atomic E-state index is 0.375. The van der Waals surface area contributed by atoms with Crippen molar-refractivity contribution < 1.29 is 9.18 Å². The Hall–Kier alpha value is -0.250. The van der Waals surface area contributed by atoms with E-state index in [2.05, 4.69) is 6.92 Å². The topological polar surface area (TPSA) is 20.3 Å². The molecule has 1 fully saturated rings. The lowest BCUT2D eigenvalue weighted by Crippen LogP contribution is -2.48. The Kier molecular flexibility index (Phi) is 3.22. The molecule has 4 heteroatoms. The van der Waals surface area contributed by atoms with Crippen molar-refractivity contribution in [3.63, 3.8) is 0 Å². The molecule has 0 bridgehead atoms. The van der Waals surface area contributed by atoms with Crippen molar-refractivity contribution in [1.82, 2.24) is 4.90 Å². The fraction of sp³-hybridized carbons (Fsp3) is 0.889. The molecular formula is C9H16FNOS. The summed E-state index contributed by atoms with van der Waals surface area (Å²) in [7, 11) is 0. The van der Waals surface area contributed by atoms with Gasteiger partial charge >= 0.3 is 0 Å². The van der Waals surface area contributed by atoms with Crippen molar-refractivity contribution in [2.45, 2.75) is 31.7 Å². The van der Waals surface area contributed by atoms with E-state index in [1.54, 1.807) is 4.90 Å². The fourth-order valence-electron chi connectivity index (χ4n) is 1.38. The normalized spacial score (nSPS) is 24.6. The van der Waals surface area contributed by atoms with Crippen molar-refractivity contribution in [3.05, 3.63) is 0 Å². The molecule has 0 aromatic rings. The minimum atomic E-state index is -1.72. The summed E-state index contributed by atoms with van der Waals surface area (Å²) in [6.45, 7) is 6.07. The average molecular weight is 205 g/mol. The van der Waals surface area contributed by atoms with E-state index in [1.165, 1.54) is 13.8 Å². The second kappa shape index (κ2) is 3.86. The van der Waals surface area contributed by atoms with Gasteiger partial charge in [-0.2, -0.15) is 11.8 Å². The second-order valence-electron chi connectivity index (χ2n) is 3.91. The first-order valence-electron chi connectivity index (χ1n) is 4.51. The molecule has 1 saturated heterocycles. The van der Waals surface area contributed by atoms with E-state index in [-0.39, 0.29) is 5.91 Å². The number of hydrogen-bond acceptors (Lipinski definition) is 2. The van der Waals surface area contributed by atoms with Gasteiger partial charge in [-0.25, -0.2) is 4.39 Å². The Morgan fingerprint density at radius 1 is 1.62 bits per heavy atom. The summed E-state index contributed by atoms with van der Waals surface area (Å²) in [4.78, 5) is 13.1. The molecule has 1 aliphatic rings. The van der Waals surface area contributed by atoms with Crippen LogP contribution in [0.2, 0.25) is 0 Å². The summed E-state index contributed by atoms with van der Waals surface area (Å²) in [5.41, 5.74) is -1.72. The standard InChI is InChI=1S/C9H16FNOS/c1-7-6-11(4-5-13-7)8(12)9(2,3)10/h7H,4-6H2,1-3H3. The highest BCUT2D eigenvalue weighted by Crippen LogP contribution is 2.21. The largest absolute Gasteiger partial charge is 0.338 e. The SMILES string of the molecule is CC1CN(C(=O)C(C)(C)F)CCS1. The van der Waals surface area contributed by atoms with Crippen molar-refractivity contribution >= 4 is 17.7 Å². The van der Waals surface area contributed by atoms with E-state index in [1.807, 2.05) is 11.8 Å². The van der Waals surface area contributed by atoms with Crippen LogP contribution < -0.4 is 0 Å². The predicted molar refractivity (Wildman–Crippen MR) is 53.7 cm³/mol. The average Bonchev–Trinajstić information content (AvgIpc) is 2.01. The smallest absolute Gasteiger partial charge is 0.259 e. The molecule has 1 atom stereocenters. The van der Waals surface area contributed by atoms with Crippen LogP contribution in [-0.2, 0) is 4.79 Å². The number of hydrogen-bond donors (Lipinski definition) is 0. The number of thioether (sulfide) groups is 1. The van der Waals surface area contributed by atoms with Crippen molar-refractivity contribution in [3.8, 4) is 0 Å². The van der Waals surface area contributed by atoms with Gasteiger partial charge in [0.15, 0.2) is 5.67 Å². The molecule has 2 nitrogen and oxygen atoms in total. The van der Waals surface area contributed by atoms with Crippen molar-refractivity contribution in [2.24, 2.45) is 0 Å². The van der Waals surface area contributed by atoms with E-state index in [4.69, 9.17) is 0 Å². The zero-order valence-electron chi connectivity index (χ0n) is 8.34. The lowest BCUT2D eigenvalue weighted by Gasteiger charge is -2.33. The maximum Gasteiger partial charge on any atom is 0.259 e. The van der Waals surface area contributed by atoms with Crippen LogP contribution in [0.5, 0.6) is 0 Å². The first kappa shape index (κ1) is 10.8. The Morgan fingerprint density at radius 3 is 2.69 bits per heavy atom. The molecule has 13 heavy (non-hydrogen) atoms. The van der Waals surface area contributed by atoms with Crippen LogP contribution in [0.25, 0.3) is 0 Å². The second-order valence-corrected chi connectivity index (χ2v) is 5.45. The number of rotatable bonds is 1. The van der Waals surface area contributed by atoms with Crippen LogP contribution in [0.1, 0.15) is 20.8 Å². The van der Waals surface area contributed by atoms with Crippen LogP contribution in [0.4, 0.5) is 4.39 Å². The molecule has 1 amide bonds. The van der Waals surface area contributed by atoms with Gasteiger partial charge in [0.2, 0.25) is 0 Å². The van der Waals surface area contributed by atoms with Gasteiger partial charge in [-0.1, -0.05) is 6.92 Å². The van der Waals surface area contributed by atoms with Crippen molar-refractivity contribution in [1.29, 1.82) is 0 Å². The zero-order valence-corrected chi connectivity index (χ0v) is 9.16. The zero-order chi connectivity index (χ0) is 10.1. The van der Waals surface area contributed by atoms with Crippen LogP contribution >= 0.6 is 11.8 Å². The third-order valence-electron chi connectivity index (χ3n) is 2.04. The fourth-order valence-corrected chi connectivity index (χ4v) is 2.39. The number of carbonyl (C=O) groups excluding carboxylic acids is 1. The van der Waals surface area contributed by atoms with Gasteiger partial charge in [0.05, 0.1) is 0 Å². The highest BCUT2D eigenvalue weighted by Gasteiger charge is 2.33. The van der Waals surface area contributed by atoms with E-state index in [0.717, 1.165) is 5.75 Å². The van der Waals surface area contributed by atoms with Crippen molar-refractivity contribution in [2.75, 3.05) is 18.8 Å². The van der Waals surface area contributed by atoms with Gasteiger partial charge in [0.25, 0.3) is 5.91 Å². The Balaban J connectivity index is 2.56. The van der Waals surface area contributed by atoms with Gasteiger partial charge in [-0.3, -0.25) is 4.79 Å². The molecule has 1 rings (SSSR count). The quantitative estimate of drug-likeness (QED) is 0.649. The molecule has 0 N–H and O–H groups in total. The lowest BCUT2D eigenvalue weighted by molar-refractivity contribution is -0.141. The maximum absolute atomic E-state index is 13.3. The Morgan fingerprint density at radius 2 is 2.23 bits per heavy atom. The van der Waals surface area contributed by atoms with Gasteiger partial charge in [-0.05, 0) is 13.8 Å². The molecule has 0 aromatic carbocycles. The third-order valence-corrected chi connectivity index (χ3v) is 3.17. The van der Waals surface area contributed by atoms with Crippen LogP contribution in [-0.4, -0.2) is 40.6 Å². The highest BCUT2D eigenvalue weighted by molar-refractivity contribution is 7.99. The van der Waals surface area contributed by atoms with E-state index in [0.29, 0.717) is 18.3 Å². The van der Waals surface area contributed by atoms with E-state index >= 15 is 0 Å². The van der Waals surface area contributed by atoms with Gasteiger partial charge in [0.1, 0.15) is 0 Å². The number of nitrogens with zero attached hydrogens (tertiary/aromatic N) is 1. The maximum atomic E-state index is 13.3. The molecule has 0 radical (unpaired) electrons. The molecule has 1 heterocycles. The van der Waals surface area contributed by atoms with Crippen LogP contribution in [0.15, 0.2) is 0 Å². The predicted octanol–water partition coefficient (Wildman–Crippen LogP) is 1.70. The molecule has 1 aliphatic heterocycles. The summed E-state index contributed by atoms with van der Waals surface area (Å²) in [5.74, 6) is 0.544. The number of alkyl halides is 1. The molecule has 0 spiro atoms. The number of amides is 1. The van der Waals surface area contributed by atoms with E-state index < -0.39 is 5.67 Å². The van der Waals surface area contributed by atoms with Gasteiger partial charge in [-0.15, -0.1) is 0 Å².